The molecule has 1 aliphatic rings. The van der Waals surface area contributed by atoms with Crippen LogP contribution in [0.15, 0.2) is 18.2 Å². The molecule has 0 bridgehead atoms. The Kier molecular flexibility index (Phi) is 2.81. The number of anilines is 1. The van der Waals surface area contributed by atoms with Gasteiger partial charge in [-0.2, -0.15) is 8.78 Å². The van der Waals surface area contributed by atoms with E-state index in [1.165, 1.54) is 6.07 Å². The normalized spacial score (nSPS) is 19.1. The van der Waals surface area contributed by atoms with Gasteiger partial charge in [-0.1, -0.05) is 6.07 Å². The third kappa shape index (κ3) is 2.23. The molecule has 2 nitrogen and oxygen atoms in total. The topological polar surface area (TPSA) is 21.3 Å². The van der Waals surface area contributed by atoms with Crippen LogP contribution in [0.25, 0.3) is 0 Å². The maximum Gasteiger partial charge on any atom is 0.345 e. The number of halogens is 3. The molecule has 1 aliphatic heterocycles. The van der Waals surface area contributed by atoms with Crippen molar-refractivity contribution >= 4 is 5.69 Å². The Morgan fingerprint density at radius 2 is 2.27 bits per heavy atom. The molecule has 0 amide bonds. The lowest BCUT2D eigenvalue weighted by Gasteiger charge is -2.10. The van der Waals surface area contributed by atoms with E-state index in [-0.39, 0.29) is 18.5 Å². The molecule has 0 fully saturated rings. The predicted octanol–water partition coefficient (Wildman–Crippen LogP) is 2.40. The van der Waals surface area contributed by atoms with E-state index >= 15 is 0 Å². The van der Waals surface area contributed by atoms with Gasteiger partial charge in [0, 0.05) is 11.3 Å². The third-order valence-electron chi connectivity index (χ3n) is 2.35. The molecule has 1 atom stereocenters. The van der Waals surface area contributed by atoms with Gasteiger partial charge in [-0.25, -0.2) is 4.39 Å². The molecule has 0 radical (unpaired) electrons. The Morgan fingerprint density at radius 1 is 1.47 bits per heavy atom. The molecular formula is C10H10F3NO. The number of benzene rings is 1. The monoisotopic (exact) mass is 217 g/mol. The minimum atomic E-state index is -2.78. The molecule has 82 valence electrons. The number of hydrogen-bond acceptors (Lipinski definition) is 2. The average molecular weight is 217 g/mol. The van der Waals surface area contributed by atoms with E-state index in [9.17, 15) is 13.2 Å². The zero-order valence-electron chi connectivity index (χ0n) is 7.84. The van der Waals surface area contributed by atoms with Crippen LogP contribution in [0.5, 0.6) is 0 Å². The van der Waals surface area contributed by atoms with Crippen LogP contribution in [0.3, 0.4) is 0 Å². The highest BCUT2D eigenvalue weighted by Crippen LogP contribution is 2.28. The summed E-state index contributed by atoms with van der Waals surface area (Å²) in [4.78, 5) is 0. The number of rotatable bonds is 3. The second kappa shape index (κ2) is 4.10. The van der Waals surface area contributed by atoms with E-state index < -0.39 is 6.61 Å². The maximum absolute atomic E-state index is 13.2. The van der Waals surface area contributed by atoms with Crippen LogP contribution < -0.4 is 5.32 Å². The Hall–Kier alpha value is -1.23. The summed E-state index contributed by atoms with van der Waals surface area (Å²) in [7, 11) is 0. The average Bonchev–Trinajstić information content (AvgIpc) is 2.59. The molecule has 0 aromatic heterocycles. The molecule has 0 unspecified atom stereocenters. The molecule has 2 rings (SSSR count). The highest BCUT2D eigenvalue weighted by Gasteiger charge is 2.24. The Balaban J connectivity index is 2.00. The summed E-state index contributed by atoms with van der Waals surface area (Å²) in [5.74, 6) is -0.306. The fourth-order valence-corrected chi connectivity index (χ4v) is 1.71. The van der Waals surface area contributed by atoms with Crippen LogP contribution in [0.4, 0.5) is 18.9 Å². The first-order valence-electron chi connectivity index (χ1n) is 4.60. The molecular weight excluding hydrogens is 207 g/mol. The summed E-state index contributed by atoms with van der Waals surface area (Å²) < 4.78 is 41.0. The van der Waals surface area contributed by atoms with Crippen LogP contribution in [0, 0.1) is 5.82 Å². The molecule has 0 saturated carbocycles. The second-order valence-corrected chi connectivity index (χ2v) is 3.41. The third-order valence-corrected chi connectivity index (χ3v) is 2.35. The van der Waals surface area contributed by atoms with Gasteiger partial charge in [-0.3, -0.25) is 0 Å². The SMILES string of the molecule is Fc1cccc2c1C[C@@H](COC(F)F)N2. The summed E-state index contributed by atoms with van der Waals surface area (Å²) in [6.07, 6.45) is 0.384. The quantitative estimate of drug-likeness (QED) is 0.839. The largest absolute Gasteiger partial charge is 0.379 e. The molecule has 5 heteroatoms. The lowest BCUT2D eigenvalue weighted by molar-refractivity contribution is -0.130. The van der Waals surface area contributed by atoms with Crippen LogP contribution in [0.1, 0.15) is 5.56 Å². The summed E-state index contributed by atoms with van der Waals surface area (Å²) in [6, 6.07) is 4.39. The minimum absolute atomic E-state index is 0.119. The van der Waals surface area contributed by atoms with Gasteiger partial charge in [0.25, 0.3) is 0 Å². The first-order valence-corrected chi connectivity index (χ1v) is 4.60. The first-order chi connectivity index (χ1) is 7.16. The van der Waals surface area contributed by atoms with Gasteiger partial charge in [-0.15, -0.1) is 0 Å². The fraction of sp³-hybridized carbons (Fsp3) is 0.400. The van der Waals surface area contributed by atoms with Crippen molar-refractivity contribution in [2.75, 3.05) is 11.9 Å². The van der Waals surface area contributed by atoms with Crippen molar-refractivity contribution < 1.29 is 17.9 Å². The van der Waals surface area contributed by atoms with Crippen LogP contribution in [-0.4, -0.2) is 19.3 Å². The van der Waals surface area contributed by atoms with Gasteiger partial charge >= 0.3 is 6.61 Å². The van der Waals surface area contributed by atoms with Crippen molar-refractivity contribution in [2.24, 2.45) is 0 Å². The summed E-state index contributed by atoms with van der Waals surface area (Å²) >= 11 is 0. The van der Waals surface area contributed by atoms with Crippen molar-refractivity contribution in [1.82, 2.24) is 0 Å². The van der Waals surface area contributed by atoms with E-state index in [1.807, 2.05) is 0 Å². The van der Waals surface area contributed by atoms with Crippen molar-refractivity contribution in [3.05, 3.63) is 29.6 Å². The molecule has 1 N–H and O–H groups in total. The van der Waals surface area contributed by atoms with Gasteiger partial charge < -0.3 is 10.1 Å². The van der Waals surface area contributed by atoms with E-state index in [0.29, 0.717) is 17.7 Å². The van der Waals surface area contributed by atoms with Crippen LogP contribution in [-0.2, 0) is 11.2 Å². The molecule has 15 heavy (non-hydrogen) atoms. The van der Waals surface area contributed by atoms with E-state index in [2.05, 4.69) is 10.1 Å². The van der Waals surface area contributed by atoms with Gasteiger partial charge in [-0.05, 0) is 18.6 Å². The molecule has 0 saturated heterocycles. The van der Waals surface area contributed by atoms with Crippen molar-refractivity contribution in [3.63, 3.8) is 0 Å². The molecule has 1 aromatic rings. The first kappa shape index (κ1) is 10.3. The Morgan fingerprint density at radius 3 is 2.93 bits per heavy atom. The smallest absolute Gasteiger partial charge is 0.345 e. The molecule has 0 aliphatic carbocycles. The van der Waals surface area contributed by atoms with Crippen LogP contribution in [0.2, 0.25) is 0 Å². The molecule has 0 spiro atoms. The summed E-state index contributed by atoms with van der Waals surface area (Å²) in [5.41, 5.74) is 1.21. The molecule has 1 heterocycles. The highest BCUT2D eigenvalue weighted by molar-refractivity contribution is 5.57. The number of hydrogen-bond donors (Lipinski definition) is 1. The van der Waals surface area contributed by atoms with Crippen molar-refractivity contribution in [2.45, 2.75) is 19.1 Å². The fourth-order valence-electron chi connectivity index (χ4n) is 1.71. The number of nitrogens with one attached hydrogen (secondary N) is 1. The highest BCUT2D eigenvalue weighted by atomic mass is 19.3. The lowest BCUT2D eigenvalue weighted by atomic mass is 10.1. The van der Waals surface area contributed by atoms with Crippen molar-refractivity contribution in [3.8, 4) is 0 Å². The van der Waals surface area contributed by atoms with Crippen molar-refractivity contribution in [1.29, 1.82) is 0 Å². The van der Waals surface area contributed by atoms with E-state index in [1.54, 1.807) is 12.1 Å². The van der Waals surface area contributed by atoms with E-state index in [4.69, 9.17) is 0 Å². The number of fused-ring (bicyclic) bond motifs is 1. The lowest BCUT2D eigenvalue weighted by Crippen LogP contribution is -2.23. The van der Waals surface area contributed by atoms with Gasteiger partial charge in [0.15, 0.2) is 0 Å². The minimum Gasteiger partial charge on any atom is -0.379 e. The number of alkyl halides is 2. The van der Waals surface area contributed by atoms with Crippen LogP contribution >= 0.6 is 0 Å². The van der Waals surface area contributed by atoms with Gasteiger partial charge in [0.2, 0.25) is 0 Å². The Labute approximate surface area is 85.0 Å². The molecule has 1 aromatic carbocycles. The summed E-state index contributed by atoms with van der Waals surface area (Å²) in [5, 5.41) is 2.93. The Bertz CT molecular complexity index is 357. The maximum atomic E-state index is 13.2. The predicted molar refractivity (Wildman–Crippen MR) is 49.5 cm³/mol. The van der Waals surface area contributed by atoms with Gasteiger partial charge in [0.05, 0.1) is 12.6 Å². The standard InChI is InChI=1S/C10H10F3NO/c11-8-2-1-3-9-7(8)4-6(14-9)5-15-10(12)13/h1-3,6,10,14H,4-5H2/t6-/m0/s1. The zero-order valence-corrected chi connectivity index (χ0v) is 7.84. The van der Waals surface area contributed by atoms with Gasteiger partial charge in [0.1, 0.15) is 5.82 Å². The number of ether oxygens (including phenoxy) is 1. The zero-order chi connectivity index (χ0) is 10.8. The summed E-state index contributed by atoms with van der Waals surface area (Å²) in [6.45, 7) is -2.90. The van der Waals surface area contributed by atoms with E-state index in [0.717, 1.165) is 0 Å². The second-order valence-electron chi connectivity index (χ2n) is 3.41.